The molecule has 0 bridgehead atoms. The molecule has 3 N–H and O–H groups in total. The fourth-order valence-electron chi connectivity index (χ4n) is 2.36. The summed E-state index contributed by atoms with van der Waals surface area (Å²) in [4.78, 5) is 14.1. The highest BCUT2D eigenvalue weighted by Gasteiger charge is 2.23. The first-order chi connectivity index (χ1) is 7.95. The van der Waals surface area contributed by atoms with Crippen molar-refractivity contribution < 1.29 is 4.79 Å². The molecular weight excluding hydrogens is 285 g/mol. The van der Waals surface area contributed by atoms with Crippen molar-refractivity contribution in [2.75, 3.05) is 19.6 Å². The van der Waals surface area contributed by atoms with E-state index in [9.17, 15) is 4.79 Å². The number of likely N-dealkylation sites (tertiary alicyclic amines) is 1. The Balaban J connectivity index is 0. The third-order valence-electron chi connectivity index (χ3n) is 3.49. The Bertz CT molecular complexity index is 257. The molecule has 0 aliphatic carbocycles. The van der Waals surface area contributed by atoms with E-state index < -0.39 is 5.54 Å². The molecule has 0 radical (unpaired) electrons. The van der Waals surface area contributed by atoms with Crippen LogP contribution in [-0.2, 0) is 4.79 Å². The van der Waals surface area contributed by atoms with Gasteiger partial charge in [-0.25, -0.2) is 0 Å². The van der Waals surface area contributed by atoms with Crippen molar-refractivity contribution in [2.45, 2.75) is 58.0 Å². The lowest BCUT2D eigenvalue weighted by atomic mass is 10.00. The summed E-state index contributed by atoms with van der Waals surface area (Å²) < 4.78 is 0. The second kappa shape index (κ2) is 9.81. The van der Waals surface area contributed by atoms with E-state index in [1.165, 1.54) is 32.2 Å². The molecule has 1 atom stereocenters. The van der Waals surface area contributed by atoms with Crippen LogP contribution in [0.1, 0.15) is 46.5 Å². The first kappa shape index (κ1) is 21.3. The van der Waals surface area contributed by atoms with Crippen LogP contribution in [0.3, 0.4) is 0 Å². The van der Waals surface area contributed by atoms with Gasteiger partial charge in [-0.2, -0.15) is 0 Å². The Morgan fingerprint density at radius 2 is 2.00 bits per heavy atom. The molecule has 0 aromatic carbocycles. The van der Waals surface area contributed by atoms with Gasteiger partial charge in [-0.05, 0) is 39.7 Å². The number of carbonyl (C=O) groups is 1. The minimum absolute atomic E-state index is 0. The minimum Gasteiger partial charge on any atom is -0.353 e. The Morgan fingerprint density at radius 1 is 1.37 bits per heavy atom. The van der Waals surface area contributed by atoms with Crippen LogP contribution < -0.4 is 11.1 Å². The molecule has 1 fully saturated rings. The fraction of sp³-hybridized carbons (Fsp3) is 0.923. The summed E-state index contributed by atoms with van der Waals surface area (Å²) in [5, 5.41) is 2.91. The Hall–Kier alpha value is -0.0300. The van der Waals surface area contributed by atoms with E-state index in [-0.39, 0.29) is 30.7 Å². The molecule has 4 nitrogen and oxygen atoms in total. The topological polar surface area (TPSA) is 58.4 Å². The second-order valence-electron chi connectivity index (χ2n) is 5.57. The van der Waals surface area contributed by atoms with Crippen LogP contribution in [0.15, 0.2) is 0 Å². The lowest BCUT2D eigenvalue weighted by molar-refractivity contribution is -0.125. The normalized spacial score (nSPS) is 20.1. The van der Waals surface area contributed by atoms with Gasteiger partial charge in [0.05, 0.1) is 5.54 Å². The zero-order valence-corrected chi connectivity index (χ0v) is 13.9. The predicted octanol–water partition coefficient (Wildman–Crippen LogP) is 1.95. The van der Waals surface area contributed by atoms with Crippen molar-refractivity contribution in [1.82, 2.24) is 10.2 Å². The number of nitrogens with two attached hydrogens (primary N) is 1. The number of nitrogens with one attached hydrogen (secondary N) is 1. The summed E-state index contributed by atoms with van der Waals surface area (Å²) in [6, 6.07) is 0.700. The third kappa shape index (κ3) is 7.35. The highest BCUT2D eigenvalue weighted by molar-refractivity contribution is 5.85. The van der Waals surface area contributed by atoms with Gasteiger partial charge < -0.3 is 11.1 Å². The zero-order chi connectivity index (χ0) is 12.9. The quantitative estimate of drug-likeness (QED) is 0.815. The Labute approximate surface area is 129 Å². The molecule has 1 saturated heterocycles. The van der Waals surface area contributed by atoms with Crippen LogP contribution in [0.4, 0.5) is 0 Å². The molecule has 1 aliphatic rings. The maximum atomic E-state index is 11.6. The largest absolute Gasteiger partial charge is 0.353 e. The van der Waals surface area contributed by atoms with E-state index in [1.807, 2.05) is 0 Å². The highest BCUT2D eigenvalue weighted by atomic mass is 35.5. The average Bonchev–Trinajstić information content (AvgIpc) is 2.28. The van der Waals surface area contributed by atoms with Gasteiger partial charge in [0.25, 0.3) is 0 Å². The van der Waals surface area contributed by atoms with Crippen molar-refractivity contribution in [3.8, 4) is 0 Å². The van der Waals surface area contributed by atoms with Gasteiger partial charge in [0.1, 0.15) is 0 Å². The van der Waals surface area contributed by atoms with E-state index in [1.54, 1.807) is 13.8 Å². The van der Waals surface area contributed by atoms with Crippen LogP contribution in [0.5, 0.6) is 0 Å². The van der Waals surface area contributed by atoms with Crippen molar-refractivity contribution >= 4 is 30.7 Å². The first-order valence-corrected chi connectivity index (χ1v) is 6.76. The molecule has 0 aromatic heterocycles. The average molecular weight is 314 g/mol. The van der Waals surface area contributed by atoms with Crippen LogP contribution in [0.2, 0.25) is 0 Å². The van der Waals surface area contributed by atoms with Gasteiger partial charge in [-0.15, -0.1) is 24.8 Å². The van der Waals surface area contributed by atoms with Crippen LogP contribution in [0, 0.1) is 0 Å². The van der Waals surface area contributed by atoms with Crippen molar-refractivity contribution in [3.05, 3.63) is 0 Å². The van der Waals surface area contributed by atoms with Gasteiger partial charge in [0, 0.05) is 19.1 Å². The first-order valence-electron chi connectivity index (χ1n) is 6.76. The summed E-state index contributed by atoms with van der Waals surface area (Å²) in [7, 11) is 0. The van der Waals surface area contributed by atoms with Gasteiger partial charge >= 0.3 is 0 Å². The number of hydrogen-bond acceptors (Lipinski definition) is 3. The zero-order valence-electron chi connectivity index (χ0n) is 12.3. The summed E-state index contributed by atoms with van der Waals surface area (Å²) in [6.07, 6.45) is 5.13. The van der Waals surface area contributed by atoms with Crippen molar-refractivity contribution in [3.63, 3.8) is 0 Å². The summed E-state index contributed by atoms with van der Waals surface area (Å²) >= 11 is 0. The fourth-order valence-corrected chi connectivity index (χ4v) is 2.36. The number of hydrogen-bond donors (Lipinski definition) is 2. The molecule has 1 aliphatic heterocycles. The third-order valence-corrected chi connectivity index (χ3v) is 3.49. The molecule has 116 valence electrons. The lowest BCUT2D eigenvalue weighted by Gasteiger charge is -2.35. The maximum Gasteiger partial charge on any atom is 0.239 e. The van der Waals surface area contributed by atoms with Crippen LogP contribution in [0.25, 0.3) is 0 Å². The molecule has 1 heterocycles. The van der Waals surface area contributed by atoms with Crippen molar-refractivity contribution in [2.24, 2.45) is 5.73 Å². The number of amides is 1. The van der Waals surface area contributed by atoms with E-state index >= 15 is 0 Å². The number of carbonyl (C=O) groups excluding carboxylic acids is 1. The molecule has 6 heteroatoms. The molecule has 1 unspecified atom stereocenters. The summed E-state index contributed by atoms with van der Waals surface area (Å²) in [6.45, 7) is 8.53. The Kier molecular flexibility index (Phi) is 11.0. The number of piperidine rings is 1. The van der Waals surface area contributed by atoms with Crippen LogP contribution in [-0.4, -0.2) is 42.0 Å². The smallest absolute Gasteiger partial charge is 0.239 e. The Morgan fingerprint density at radius 3 is 2.53 bits per heavy atom. The van der Waals surface area contributed by atoms with E-state index in [2.05, 4.69) is 17.1 Å². The van der Waals surface area contributed by atoms with Gasteiger partial charge in [0.15, 0.2) is 0 Å². The van der Waals surface area contributed by atoms with E-state index in [4.69, 9.17) is 5.73 Å². The number of halogens is 2. The van der Waals surface area contributed by atoms with Gasteiger partial charge in [-0.1, -0.05) is 13.3 Å². The molecular formula is C13H29Cl2N3O. The van der Waals surface area contributed by atoms with E-state index in [0.717, 1.165) is 6.54 Å². The molecule has 1 rings (SSSR count). The number of rotatable bonds is 5. The molecule has 0 spiro atoms. The van der Waals surface area contributed by atoms with Crippen LogP contribution >= 0.6 is 24.8 Å². The second-order valence-corrected chi connectivity index (χ2v) is 5.57. The lowest BCUT2D eigenvalue weighted by Crippen LogP contribution is -2.51. The SMILES string of the molecule is CCC1CCCCN1CCNC(=O)C(C)(C)N.Cl.Cl. The standard InChI is InChI=1S/C13H27N3O.2ClH/c1-4-11-7-5-6-9-16(11)10-8-15-12(17)13(2,3)14;;/h11H,4-10,14H2,1-3H3,(H,15,17);2*1H. The van der Waals surface area contributed by atoms with Gasteiger partial charge in [0.2, 0.25) is 5.91 Å². The molecule has 19 heavy (non-hydrogen) atoms. The maximum absolute atomic E-state index is 11.6. The van der Waals surface area contributed by atoms with Gasteiger partial charge in [-0.3, -0.25) is 9.69 Å². The summed E-state index contributed by atoms with van der Waals surface area (Å²) in [5.74, 6) is -0.0671. The molecule has 0 saturated carbocycles. The van der Waals surface area contributed by atoms with E-state index in [0.29, 0.717) is 12.6 Å². The number of nitrogens with zero attached hydrogens (tertiary/aromatic N) is 1. The summed E-state index contributed by atoms with van der Waals surface area (Å²) in [5.41, 5.74) is 4.95. The predicted molar refractivity (Wildman–Crippen MR) is 85.3 cm³/mol. The highest BCUT2D eigenvalue weighted by Crippen LogP contribution is 2.18. The monoisotopic (exact) mass is 313 g/mol. The minimum atomic E-state index is -0.772. The van der Waals surface area contributed by atoms with Crippen molar-refractivity contribution in [1.29, 1.82) is 0 Å². The molecule has 0 aromatic rings. The molecule has 1 amide bonds.